The molecule has 0 bridgehead atoms. The highest BCUT2D eigenvalue weighted by atomic mass is 79.9. The van der Waals surface area contributed by atoms with E-state index in [1.807, 2.05) is 35.2 Å². The van der Waals surface area contributed by atoms with Crippen LogP contribution < -0.4 is 4.90 Å². The molecule has 1 amide bonds. The monoisotopic (exact) mass is 372 g/mol. The van der Waals surface area contributed by atoms with Crippen molar-refractivity contribution in [1.82, 2.24) is 4.90 Å². The summed E-state index contributed by atoms with van der Waals surface area (Å²) in [5.41, 5.74) is 4.39. The summed E-state index contributed by atoms with van der Waals surface area (Å²) in [6, 6.07) is 14.3. The van der Waals surface area contributed by atoms with E-state index in [1.54, 1.807) is 0 Å². The Kier molecular flexibility index (Phi) is 4.71. The van der Waals surface area contributed by atoms with Crippen molar-refractivity contribution in [2.75, 3.05) is 31.1 Å². The summed E-state index contributed by atoms with van der Waals surface area (Å²) in [5.74, 6) is 0.141. The number of carbonyl (C=O) groups excluding carboxylic acids is 1. The average Bonchev–Trinajstić information content (AvgIpc) is 2.57. The van der Waals surface area contributed by atoms with Crippen LogP contribution in [0.4, 0.5) is 5.69 Å². The fourth-order valence-electron chi connectivity index (χ4n) is 2.90. The van der Waals surface area contributed by atoms with Gasteiger partial charge in [-0.2, -0.15) is 0 Å². The molecule has 2 aromatic rings. The molecule has 0 unspecified atom stereocenters. The number of halogens is 1. The number of rotatable bonds is 2. The molecule has 1 saturated heterocycles. The molecule has 23 heavy (non-hydrogen) atoms. The van der Waals surface area contributed by atoms with Gasteiger partial charge in [0.1, 0.15) is 0 Å². The zero-order valence-electron chi connectivity index (χ0n) is 13.6. The largest absolute Gasteiger partial charge is 0.368 e. The van der Waals surface area contributed by atoms with Gasteiger partial charge in [-0.3, -0.25) is 4.79 Å². The van der Waals surface area contributed by atoms with Crippen LogP contribution in [0.5, 0.6) is 0 Å². The van der Waals surface area contributed by atoms with Crippen molar-refractivity contribution in [2.45, 2.75) is 13.8 Å². The van der Waals surface area contributed by atoms with Crippen LogP contribution >= 0.6 is 15.9 Å². The Morgan fingerprint density at radius 1 is 0.957 bits per heavy atom. The molecular formula is C19H21BrN2O. The number of hydrogen-bond acceptors (Lipinski definition) is 2. The highest BCUT2D eigenvalue weighted by molar-refractivity contribution is 9.10. The first-order valence-electron chi connectivity index (χ1n) is 7.91. The molecule has 0 aliphatic carbocycles. The van der Waals surface area contributed by atoms with E-state index >= 15 is 0 Å². The van der Waals surface area contributed by atoms with Gasteiger partial charge < -0.3 is 9.80 Å². The molecule has 0 radical (unpaired) electrons. The Balaban J connectivity index is 1.66. The second-order valence-corrected chi connectivity index (χ2v) is 6.97. The number of anilines is 1. The maximum Gasteiger partial charge on any atom is 0.253 e. The van der Waals surface area contributed by atoms with E-state index in [0.29, 0.717) is 0 Å². The number of carbonyl (C=O) groups is 1. The molecule has 1 fully saturated rings. The van der Waals surface area contributed by atoms with Crippen molar-refractivity contribution in [3.8, 4) is 0 Å². The molecule has 0 N–H and O–H groups in total. The van der Waals surface area contributed by atoms with Crippen LogP contribution in [0.2, 0.25) is 0 Å². The molecule has 0 spiro atoms. The smallest absolute Gasteiger partial charge is 0.253 e. The molecule has 1 aliphatic heterocycles. The SMILES string of the molecule is Cc1ccc(C(=O)N2CCN(c3cccc(Br)c3)CC2)cc1C. The molecule has 120 valence electrons. The Hall–Kier alpha value is -1.81. The molecule has 0 aromatic heterocycles. The maximum atomic E-state index is 12.7. The molecule has 1 heterocycles. The normalized spacial score (nSPS) is 14.9. The third-order valence-corrected chi connectivity index (χ3v) is 4.99. The number of hydrogen-bond donors (Lipinski definition) is 0. The maximum absolute atomic E-state index is 12.7. The number of amides is 1. The Morgan fingerprint density at radius 2 is 1.70 bits per heavy atom. The first kappa shape index (κ1) is 16.1. The van der Waals surface area contributed by atoms with Gasteiger partial charge in [0.25, 0.3) is 5.91 Å². The number of nitrogens with zero attached hydrogens (tertiary/aromatic N) is 2. The zero-order chi connectivity index (χ0) is 16.4. The standard InChI is InChI=1S/C19H21BrN2O/c1-14-6-7-16(12-15(14)2)19(23)22-10-8-21(9-11-22)18-5-3-4-17(20)13-18/h3-7,12-13H,8-11H2,1-2H3. The van der Waals surface area contributed by atoms with Crippen LogP contribution in [0, 0.1) is 13.8 Å². The first-order chi connectivity index (χ1) is 11.0. The fraction of sp³-hybridized carbons (Fsp3) is 0.316. The molecule has 1 aliphatic rings. The van der Waals surface area contributed by atoms with E-state index < -0.39 is 0 Å². The summed E-state index contributed by atoms with van der Waals surface area (Å²) in [7, 11) is 0. The van der Waals surface area contributed by atoms with Crippen LogP contribution in [0.25, 0.3) is 0 Å². The fourth-order valence-corrected chi connectivity index (χ4v) is 3.28. The third kappa shape index (κ3) is 3.58. The molecule has 3 nitrogen and oxygen atoms in total. The summed E-state index contributed by atoms with van der Waals surface area (Å²) in [4.78, 5) is 16.9. The summed E-state index contributed by atoms with van der Waals surface area (Å²) in [5, 5.41) is 0. The van der Waals surface area contributed by atoms with Crippen LogP contribution in [0.1, 0.15) is 21.5 Å². The third-order valence-electron chi connectivity index (χ3n) is 4.49. The van der Waals surface area contributed by atoms with Gasteiger partial charge in [0.05, 0.1) is 0 Å². The van der Waals surface area contributed by atoms with E-state index in [0.717, 1.165) is 36.2 Å². The molecular weight excluding hydrogens is 352 g/mol. The average molecular weight is 373 g/mol. The van der Waals surface area contributed by atoms with Crippen molar-refractivity contribution < 1.29 is 4.79 Å². The van der Waals surface area contributed by atoms with E-state index in [4.69, 9.17) is 0 Å². The van der Waals surface area contributed by atoms with Crippen LogP contribution in [0.3, 0.4) is 0 Å². The Labute approximate surface area is 146 Å². The minimum atomic E-state index is 0.141. The minimum absolute atomic E-state index is 0.141. The zero-order valence-corrected chi connectivity index (χ0v) is 15.1. The van der Waals surface area contributed by atoms with Crippen molar-refractivity contribution >= 4 is 27.5 Å². The first-order valence-corrected chi connectivity index (χ1v) is 8.71. The lowest BCUT2D eigenvalue weighted by Crippen LogP contribution is -2.48. The van der Waals surface area contributed by atoms with Crippen molar-refractivity contribution in [3.63, 3.8) is 0 Å². The highest BCUT2D eigenvalue weighted by Gasteiger charge is 2.22. The van der Waals surface area contributed by atoms with Gasteiger partial charge in [0.15, 0.2) is 0 Å². The predicted molar refractivity (Wildman–Crippen MR) is 98.2 cm³/mol. The van der Waals surface area contributed by atoms with Gasteiger partial charge in [-0.15, -0.1) is 0 Å². The lowest BCUT2D eigenvalue weighted by atomic mass is 10.1. The predicted octanol–water partition coefficient (Wildman–Crippen LogP) is 4.03. The van der Waals surface area contributed by atoms with E-state index in [9.17, 15) is 4.79 Å². The van der Waals surface area contributed by atoms with E-state index in [-0.39, 0.29) is 5.91 Å². The van der Waals surface area contributed by atoms with E-state index in [1.165, 1.54) is 16.8 Å². The molecule has 0 saturated carbocycles. The topological polar surface area (TPSA) is 23.6 Å². The van der Waals surface area contributed by atoms with Crippen molar-refractivity contribution in [1.29, 1.82) is 0 Å². The molecule has 4 heteroatoms. The molecule has 0 atom stereocenters. The molecule has 2 aromatic carbocycles. The van der Waals surface area contributed by atoms with Crippen LogP contribution in [-0.4, -0.2) is 37.0 Å². The minimum Gasteiger partial charge on any atom is -0.368 e. The summed E-state index contributed by atoms with van der Waals surface area (Å²) >= 11 is 3.52. The number of benzene rings is 2. The van der Waals surface area contributed by atoms with Gasteiger partial charge >= 0.3 is 0 Å². The Bertz CT molecular complexity index is 721. The summed E-state index contributed by atoms with van der Waals surface area (Å²) in [6.45, 7) is 7.38. The Morgan fingerprint density at radius 3 is 2.35 bits per heavy atom. The van der Waals surface area contributed by atoms with Crippen molar-refractivity contribution in [2.24, 2.45) is 0 Å². The van der Waals surface area contributed by atoms with Crippen LogP contribution in [0.15, 0.2) is 46.9 Å². The van der Waals surface area contributed by atoms with Crippen LogP contribution in [-0.2, 0) is 0 Å². The summed E-state index contributed by atoms with van der Waals surface area (Å²) < 4.78 is 1.09. The highest BCUT2D eigenvalue weighted by Crippen LogP contribution is 2.22. The van der Waals surface area contributed by atoms with Gasteiger partial charge in [-0.05, 0) is 55.3 Å². The van der Waals surface area contributed by atoms with Crippen molar-refractivity contribution in [3.05, 3.63) is 63.6 Å². The van der Waals surface area contributed by atoms with Gasteiger partial charge in [0.2, 0.25) is 0 Å². The lowest BCUT2D eigenvalue weighted by Gasteiger charge is -2.36. The lowest BCUT2D eigenvalue weighted by molar-refractivity contribution is 0.0746. The quantitative estimate of drug-likeness (QED) is 0.794. The second kappa shape index (κ2) is 6.75. The number of aryl methyl sites for hydroxylation is 2. The van der Waals surface area contributed by atoms with Gasteiger partial charge in [-0.1, -0.05) is 28.1 Å². The second-order valence-electron chi connectivity index (χ2n) is 6.06. The van der Waals surface area contributed by atoms with Gasteiger partial charge in [0, 0.05) is 41.9 Å². The summed E-state index contributed by atoms with van der Waals surface area (Å²) in [6.07, 6.45) is 0. The number of piperazine rings is 1. The van der Waals surface area contributed by atoms with E-state index in [2.05, 4.69) is 46.8 Å². The van der Waals surface area contributed by atoms with Gasteiger partial charge in [-0.25, -0.2) is 0 Å². The molecule has 3 rings (SSSR count).